The number of methoxy groups -OCH3 is 3. The fraction of sp³-hybridized carbons (Fsp3) is 0.500. The lowest BCUT2D eigenvalue weighted by molar-refractivity contribution is -0.111. The van der Waals surface area contributed by atoms with Gasteiger partial charge in [-0.05, 0) is 13.8 Å². The zero-order valence-corrected chi connectivity index (χ0v) is 12.1. The highest BCUT2D eigenvalue weighted by atomic mass is 16.7. The molecule has 1 rings (SSSR count). The minimum absolute atomic E-state index is 0.00386. The van der Waals surface area contributed by atoms with Gasteiger partial charge in [-0.1, -0.05) is 6.58 Å². The van der Waals surface area contributed by atoms with E-state index in [4.69, 9.17) is 14.2 Å². The van der Waals surface area contributed by atoms with Gasteiger partial charge < -0.3 is 18.8 Å². The standard InChI is InChI=1S/C14H21NO4/c1-9-7-15(8-12(18-5)19-6)13(11(3)17-4)10(2)14(9)16/h7,12H,3,8H2,1-2,4-6H3. The van der Waals surface area contributed by atoms with Gasteiger partial charge >= 0.3 is 0 Å². The van der Waals surface area contributed by atoms with Crippen LogP contribution in [0.1, 0.15) is 16.8 Å². The van der Waals surface area contributed by atoms with Crippen LogP contribution < -0.4 is 5.43 Å². The van der Waals surface area contributed by atoms with E-state index >= 15 is 0 Å². The van der Waals surface area contributed by atoms with Crippen LogP contribution in [0.25, 0.3) is 5.76 Å². The van der Waals surface area contributed by atoms with Gasteiger partial charge in [-0.25, -0.2) is 0 Å². The average Bonchev–Trinajstić information content (AvgIpc) is 2.41. The summed E-state index contributed by atoms with van der Waals surface area (Å²) in [6, 6.07) is 0. The first-order valence-corrected chi connectivity index (χ1v) is 5.95. The fourth-order valence-corrected chi connectivity index (χ4v) is 1.99. The zero-order chi connectivity index (χ0) is 14.6. The summed E-state index contributed by atoms with van der Waals surface area (Å²) in [5, 5.41) is 0. The SMILES string of the molecule is C=C(OC)c1c(C)c(=O)c(C)cn1CC(OC)OC. The van der Waals surface area contributed by atoms with Crippen LogP contribution in [-0.4, -0.2) is 32.2 Å². The Morgan fingerprint density at radius 2 is 1.89 bits per heavy atom. The summed E-state index contributed by atoms with van der Waals surface area (Å²) < 4.78 is 17.4. The quantitative estimate of drug-likeness (QED) is 0.581. The van der Waals surface area contributed by atoms with Gasteiger partial charge in [-0.2, -0.15) is 0 Å². The molecule has 0 aliphatic carbocycles. The average molecular weight is 267 g/mol. The Morgan fingerprint density at radius 1 is 1.32 bits per heavy atom. The summed E-state index contributed by atoms with van der Waals surface area (Å²) in [5.74, 6) is 0.445. The molecule has 1 aromatic rings. The first kappa shape index (κ1) is 15.5. The lowest BCUT2D eigenvalue weighted by atomic mass is 10.1. The molecule has 0 atom stereocenters. The Hall–Kier alpha value is -1.59. The van der Waals surface area contributed by atoms with Crippen LogP contribution >= 0.6 is 0 Å². The second-order valence-electron chi connectivity index (χ2n) is 4.30. The van der Waals surface area contributed by atoms with Gasteiger partial charge in [0.2, 0.25) is 0 Å². The van der Waals surface area contributed by atoms with Crippen molar-refractivity contribution >= 4 is 5.76 Å². The van der Waals surface area contributed by atoms with Crippen molar-refractivity contribution in [2.24, 2.45) is 0 Å². The molecule has 0 aliphatic heterocycles. The number of ether oxygens (including phenoxy) is 3. The maximum absolute atomic E-state index is 12.0. The Bertz CT molecular complexity index is 515. The summed E-state index contributed by atoms with van der Waals surface area (Å²) in [6.45, 7) is 7.82. The van der Waals surface area contributed by atoms with Crippen LogP contribution in [0, 0.1) is 13.8 Å². The van der Waals surface area contributed by atoms with Crippen molar-refractivity contribution < 1.29 is 14.2 Å². The van der Waals surface area contributed by atoms with E-state index in [2.05, 4.69) is 6.58 Å². The summed E-state index contributed by atoms with van der Waals surface area (Å²) >= 11 is 0. The van der Waals surface area contributed by atoms with Crippen molar-refractivity contribution in [3.8, 4) is 0 Å². The molecule has 0 saturated carbocycles. The molecule has 0 aliphatic rings. The maximum Gasteiger partial charge on any atom is 0.188 e. The van der Waals surface area contributed by atoms with Crippen LogP contribution in [0.5, 0.6) is 0 Å². The predicted molar refractivity (Wildman–Crippen MR) is 74.0 cm³/mol. The number of pyridine rings is 1. The summed E-state index contributed by atoms with van der Waals surface area (Å²) in [4.78, 5) is 12.0. The Balaban J connectivity index is 3.36. The van der Waals surface area contributed by atoms with E-state index in [0.29, 0.717) is 29.1 Å². The first-order valence-electron chi connectivity index (χ1n) is 5.95. The van der Waals surface area contributed by atoms with E-state index in [1.165, 1.54) is 7.11 Å². The molecule has 0 N–H and O–H groups in total. The third-order valence-electron chi connectivity index (χ3n) is 3.07. The molecule has 106 valence electrons. The Labute approximate surface area is 113 Å². The van der Waals surface area contributed by atoms with E-state index in [0.717, 1.165) is 0 Å². The van der Waals surface area contributed by atoms with Crippen LogP contribution in [-0.2, 0) is 20.8 Å². The monoisotopic (exact) mass is 267 g/mol. The number of aryl methyl sites for hydroxylation is 1. The molecule has 5 nitrogen and oxygen atoms in total. The van der Waals surface area contributed by atoms with Gasteiger partial charge in [0.15, 0.2) is 11.7 Å². The van der Waals surface area contributed by atoms with Crippen LogP contribution in [0.2, 0.25) is 0 Å². The smallest absolute Gasteiger partial charge is 0.188 e. The normalized spacial score (nSPS) is 10.8. The van der Waals surface area contributed by atoms with E-state index in [-0.39, 0.29) is 5.43 Å². The van der Waals surface area contributed by atoms with Crippen LogP contribution in [0.4, 0.5) is 0 Å². The number of rotatable bonds is 6. The third kappa shape index (κ3) is 3.24. The molecule has 0 bridgehead atoms. The predicted octanol–water partition coefficient (Wildman–Crippen LogP) is 1.70. The molecule has 19 heavy (non-hydrogen) atoms. The number of nitrogens with zero attached hydrogens (tertiary/aromatic N) is 1. The molecular weight excluding hydrogens is 246 g/mol. The van der Waals surface area contributed by atoms with Crippen LogP contribution in [0.3, 0.4) is 0 Å². The number of aromatic nitrogens is 1. The van der Waals surface area contributed by atoms with E-state index in [9.17, 15) is 4.79 Å². The maximum atomic E-state index is 12.0. The van der Waals surface area contributed by atoms with Crippen molar-refractivity contribution in [2.75, 3.05) is 21.3 Å². The zero-order valence-electron chi connectivity index (χ0n) is 12.1. The molecule has 0 aromatic carbocycles. The Kier molecular flexibility index (Phi) is 5.32. The molecule has 5 heteroatoms. The van der Waals surface area contributed by atoms with E-state index in [1.54, 1.807) is 34.3 Å². The molecule has 0 amide bonds. The second kappa shape index (κ2) is 6.54. The van der Waals surface area contributed by atoms with Crippen LogP contribution in [0.15, 0.2) is 17.6 Å². The van der Waals surface area contributed by atoms with Gasteiger partial charge in [0.1, 0.15) is 5.76 Å². The number of hydrogen-bond donors (Lipinski definition) is 0. The lowest BCUT2D eigenvalue weighted by Crippen LogP contribution is -2.26. The highest BCUT2D eigenvalue weighted by molar-refractivity contribution is 5.57. The summed E-state index contributed by atoms with van der Waals surface area (Å²) in [7, 11) is 4.67. The van der Waals surface area contributed by atoms with Gasteiger partial charge in [0, 0.05) is 31.5 Å². The fourth-order valence-electron chi connectivity index (χ4n) is 1.99. The molecule has 0 fully saturated rings. The molecule has 1 aromatic heterocycles. The molecular formula is C14H21NO4. The highest BCUT2D eigenvalue weighted by Crippen LogP contribution is 2.17. The van der Waals surface area contributed by atoms with Crippen molar-refractivity contribution in [3.63, 3.8) is 0 Å². The van der Waals surface area contributed by atoms with Crippen molar-refractivity contribution in [2.45, 2.75) is 26.7 Å². The van der Waals surface area contributed by atoms with Crippen molar-refractivity contribution in [3.05, 3.63) is 39.8 Å². The van der Waals surface area contributed by atoms with Gasteiger partial charge in [-0.3, -0.25) is 4.79 Å². The molecule has 0 unspecified atom stereocenters. The van der Waals surface area contributed by atoms with Crippen molar-refractivity contribution in [1.82, 2.24) is 4.57 Å². The molecule has 0 saturated heterocycles. The van der Waals surface area contributed by atoms with E-state index in [1.807, 2.05) is 4.57 Å². The molecule has 0 radical (unpaired) electrons. The summed E-state index contributed by atoms with van der Waals surface area (Å²) in [6.07, 6.45) is 1.37. The minimum atomic E-state index is -0.398. The Morgan fingerprint density at radius 3 is 2.37 bits per heavy atom. The number of hydrogen-bond acceptors (Lipinski definition) is 4. The first-order chi connectivity index (χ1) is 8.96. The van der Waals surface area contributed by atoms with Gasteiger partial charge in [-0.15, -0.1) is 0 Å². The van der Waals surface area contributed by atoms with Gasteiger partial charge in [0.05, 0.1) is 19.3 Å². The molecule has 0 spiro atoms. The second-order valence-corrected chi connectivity index (χ2v) is 4.30. The third-order valence-corrected chi connectivity index (χ3v) is 3.07. The topological polar surface area (TPSA) is 49.7 Å². The highest BCUT2D eigenvalue weighted by Gasteiger charge is 2.16. The van der Waals surface area contributed by atoms with Crippen molar-refractivity contribution in [1.29, 1.82) is 0 Å². The molecule has 1 heterocycles. The minimum Gasteiger partial charge on any atom is -0.495 e. The van der Waals surface area contributed by atoms with E-state index < -0.39 is 6.29 Å². The van der Waals surface area contributed by atoms with Gasteiger partial charge in [0.25, 0.3) is 0 Å². The largest absolute Gasteiger partial charge is 0.495 e. The lowest BCUT2D eigenvalue weighted by Gasteiger charge is -2.21. The summed E-state index contributed by atoms with van der Waals surface area (Å²) in [5.41, 5.74) is 1.93.